The minimum atomic E-state index is -0.182. The number of hydrogen-bond donors (Lipinski definition) is 1. The fourth-order valence-corrected chi connectivity index (χ4v) is 1.33. The van der Waals surface area contributed by atoms with Crippen molar-refractivity contribution in [1.29, 1.82) is 0 Å². The van der Waals surface area contributed by atoms with E-state index in [-0.39, 0.29) is 11.7 Å². The Bertz CT molecular complexity index is 516. The molecule has 0 aliphatic heterocycles. The minimum absolute atomic E-state index is 0.0651. The van der Waals surface area contributed by atoms with Crippen LogP contribution in [-0.2, 0) is 0 Å². The van der Waals surface area contributed by atoms with Crippen molar-refractivity contribution in [2.75, 3.05) is 14.1 Å². The number of imidazole rings is 1. The molecule has 78 valence electrons. The normalized spacial score (nSPS) is 10.5. The topological polar surface area (TPSA) is 57.8 Å². The van der Waals surface area contributed by atoms with Crippen molar-refractivity contribution in [3.8, 4) is 5.75 Å². The monoisotopic (exact) mass is 205 g/mol. The summed E-state index contributed by atoms with van der Waals surface area (Å²) in [7, 11) is 3.32. The molecular weight excluding hydrogens is 194 g/mol. The van der Waals surface area contributed by atoms with Gasteiger partial charge in [-0.1, -0.05) is 0 Å². The van der Waals surface area contributed by atoms with Gasteiger partial charge in [0.1, 0.15) is 5.69 Å². The van der Waals surface area contributed by atoms with Crippen LogP contribution in [-0.4, -0.2) is 39.4 Å². The molecule has 2 aromatic rings. The summed E-state index contributed by atoms with van der Waals surface area (Å²) >= 11 is 0. The summed E-state index contributed by atoms with van der Waals surface area (Å²) in [6, 6.07) is 3.22. The number of aromatic nitrogens is 2. The molecule has 0 unspecified atom stereocenters. The molecule has 0 fully saturated rings. The third-order valence-corrected chi connectivity index (χ3v) is 2.09. The molecule has 5 heteroatoms. The van der Waals surface area contributed by atoms with Crippen LogP contribution < -0.4 is 0 Å². The zero-order valence-corrected chi connectivity index (χ0v) is 8.51. The summed E-state index contributed by atoms with van der Waals surface area (Å²) in [5.41, 5.74) is 0.712. The first kappa shape index (κ1) is 9.51. The summed E-state index contributed by atoms with van der Waals surface area (Å²) in [5.74, 6) is -0.117. The molecule has 1 N–H and O–H groups in total. The van der Waals surface area contributed by atoms with Gasteiger partial charge < -0.3 is 14.4 Å². The van der Waals surface area contributed by atoms with Crippen LogP contribution in [0.1, 0.15) is 10.5 Å². The highest BCUT2D eigenvalue weighted by molar-refractivity contribution is 5.92. The van der Waals surface area contributed by atoms with Gasteiger partial charge in [-0.25, -0.2) is 4.98 Å². The maximum Gasteiger partial charge on any atom is 0.273 e. The molecule has 2 heterocycles. The van der Waals surface area contributed by atoms with E-state index in [1.807, 2.05) is 0 Å². The van der Waals surface area contributed by atoms with Gasteiger partial charge in [-0.05, 0) is 12.1 Å². The lowest BCUT2D eigenvalue weighted by atomic mass is 10.4. The highest BCUT2D eigenvalue weighted by Gasteiger charge is 2.13. The zero-order chi connectivity index (χ0) is 11.0. The van der Waals surface area contributed by atoms with E-state index in [1.54, 1.807) is 37.0 Å². The van der Waals surface area contributed by atoms with Crippen molar-refractivity contribution < 1.29 is 9.90 Å². The Labute approximate surface area is 86.6 Å². The summed E-state index contributed by atoms with van der Waals surface area (Å²) in [4.78, 5) is 17.1. The second-order valence-electron chi connectivity index (χ2n) is 3.45. The molecule has 5 nitrogen and oxygen atoms in total. The maximum atomic E-state index is 11.6. The molecule has 0 aliphatic rings. The molecule has 0 atom stereocenters. The second-order valence-corrected chi connectivity index (χ2v) is 3.45. The van der Waals surface area contributed by atoms with E-state index in [0.29, 0.717) is 11.3 Å². The predicted molar refractivity (Wildman–Crippen MR) is 54.9 cm³/mol. The maximum absolute atomic E-state index is 11.6. The predicted octanol–water partition coefficient (Wildman–Crippen LogP) is 0.742. The Hall–Kier alpha value is -2.04. The van der Waals surface area contributed by atoms with Crippen molar-refractivity contribution in [1.82, 2.24) is 14.3 Å². The van der Waals surface area contributed by atoms with E-state index < -0.39 is 0 Å². The van der Waals surface area contributed by atoms with Gasteiger partial charge in [0.05, 0.1) is 0 Å². The number of carbonyl (C=O) groups excluding carboxylic acids is 1. The number of aromatic hydroxyl groups is 1. The highest BCUT2D eigenvalue weighted by atomic mass is 16.3. The molecule has 15 heavy (non-hydrogen) atoms. The quantitative estimate of drug-likeness (QED) is 0.747. The molecule has 0 bridgehead atoms. The third kappa shape index (κ3) is 1.52. The van der Waals surface area contributed by atoms with Crippen molar-refractivity contribution >= 4 is 11.6 Å². The van der Waals surface area contributed by atoms with E-state index in [2.05, 4.69) is 4.98 Å². The Morgan fingerprint density at radius 3 is 2.87 bits per heavy atom. The molecule has 1 amide bonds. The van der Waals surface area contributed by atoms with Gasteiger partial charge in [0.2, 0.25) is 0 Å². The van der Waals surface area contributed by atoms with E-state index >= 15 is 0 Å². The van der Waals surface area contributed by atoms with Crippen LogP contribution in [0.3, 0.4) is 0 Å². The highest BCUT2D eigenvalue weighted by Crippen LogP contribution is 2.17. The van der Waals surface area contributed by atoms with Crippen molar-refractivity contribution in [3.05, 3.63) is 30.2 Å². The standard InChI is InChI=1S/C10H11N3O2/c1-12(2)10(15)7-6-13-5-3-4-8(14)9(13)11-7/h3-6,14H,1-2H3. The zero-order valence-electron chi connectivity index (χ0n) is 8.51. The number of amides is 1. The van der Waals surface area contributed by atoms with Crippen molar-refractivity contribution in [3.63, 3.8) is 0 Å². The summed E-state index contributed by atoms with van der Waals surface area (Å²) in [6.45, 7) is 0. The first-order valence-corrected chi connectivity index (χ1v) is 4.48. The van der Waals surface area contributed by atoms with E-state index in [0.717, 1.165) is 0 Å². The number of fused-ring (bicyclic) bond motifs is 1. The van der Waals surface area contributed by atoms with Gasteiger partial charge in [0.25, 0.3) is 5.91 Å². The van der Waals surface area contributed by atoms with E-state index in [9.17, 15) is 9.90 Å². The molecule has 2 aromatic heterocycles. The Balaban J connectivity index is 2.57. The number of carbonyl (C=O) groups is 1. The largest absolute Gasteiger partial charge is 0.504 e. The lowest BCUT2D eigenvalue weighted by molar-refractivity contribution is 0.0822. The molecule has 0 spiro atoms. The van der Waals surface area contributed by atoms with Gasteiger partial charge in [-0.3, -0.25) is 4.79 Å². The van der Waals surface area contributed by atoms with Crippen LogP contribution in [0, 0.1) is 0 Å². The van der Waals surface area contributed by atoms with Gasteiger partial charge in [0, 0.05) is 26.5 Å². The molecule has 0 saturated carbocycles. The molecule has 0 saturated heterocycles. The van der Waals surface area contributed by atoms with Crippen molar-refractivity contribution in [2.45, 2.75) is 0 Å². The van der Waals surface area contributed by atoms with E-state index in [1.165, 1.54) is 11.0 Å². The molecule has 0 radical (unpaired) electrons. The minimum Gasteiger partial charge on any atom is -0.504 e. The van der Waals surface area contributed by atoms with Crippen LogP contribution in [0.25, 0.3) is 5.65 Å². The van der Waals surface area contributed by atoms with Crippen LogP contribution in [0.5, 0.6) is 5.75 Å². The molecule has 0 aliphatic carbocycles. The summed E-state index contributed by atoms with van der Waals surface area (Å²) < 4.78 is 1.62. The number of nitrogens with zero attached hydrogens (tertiary/aromatic N) is 3. The van der Waals surface area contributed by atoms with Crippen LogP contribution >= 0.6 is 0 Å². The average molecular weight is 205 g/mol. The number of hydrogen-bond acceptors (Lipinski definition) is 3. The van der Waals surface area contributed by atoms with Crippen LogP contribution in [0.2, 0.25) is 0 Å². The first-order valence-electron chi connectivity index (χ1n) is 4.48. The SMILES string of the molecule is CN(C)C(=O)c1cn2cccc(O)c2n1. The van der Waals surface area contributed by atoms with Gasteiger partial charge >= 0.3 is 0 Å². The van der Waals surface area contributed by atoms with Crippen LogP contribution in [0.15, 0.2) is 24.5 Å². The summed E-state index contributed by atoms with van der Waals surface area (Å²) in [6.07, 6.45) is 3.33. The lowest BCUT2D eigenvalue weighted by Crippen LogP contribution is -2.21. The Morgan fingerprint density at radius 1 is 1.53 bits per heavy atom. The number of pyridine rings is 1. The fourth-order valence-electron chi connectivity index (χ4n) is 1.33. The molecule has 2 rings (SSSR count). The third-order valence-electron chi connectivity index (χ3n) is 2.09. The van der Waals surface area contributed by atoms with Gasteiger partial charge in [-0.2, -0.15) is 0 Å². The Morgan fingerprint density at radius 2 is 2.27 bits per heavy atom. The fraction of sp³-hybridized carbons (Fsp3) is 0.200. The first-order chi connectivity index (χ1) is 7.09. The smallest absolute Gasteiger partial charge is 0.273 e. The van der Waals surface area contributed by atoms with Crippen LogP contribution in [0.4, 0.5) is 0 Å². The van der Waals surface area contributed by atoms with Gasteiger partial charge in [0.15, 0.2) is 11.4 Å². The van der Waals surface area contributed by atoms with Gasteiger partial charge in [-0.15, -0.1) is 0 Å². The second kappa shape index (κ2) is 3.27. The number of rotatable bonds is 1. The average Bonchev–Trinajstić information content (AvgIpc) is 2.61. The lowest BCUT2D eigenvalue weighted by Gasteiger charge is -2.06. The van der Waals surface area contributed by atoms with Crippen molar-refractivity contribution in [2.24, 2.45) is 0 Å². The summed E-state index contributed by atoms with van der Waals surface area (Å²) in [5, 5.41) is 9.50. The Kier molecular flexibility index (Phi) is 2.07. The molecule has 0 aromatic carbocycles. The molecular formula is C10H11N3O2. The van der Waals surface area contributed by atoms with E-state index in [4.69, 9.17) is 0 Å².